The number of amides is 2. The van der Waals surface area contributed by atoms with Gasteiger partial charge in [0.1, 0.15) is 5.71 Å². The molecule has 0 aliphatic carbocycles. The van der Waals surface area contributed by atoms with Crippen LogP contribution in [0.4, 0.5) is 0 Å². The van der Waals surface area contributed by atoms with Crippen molar-refractivity contribution in [3.63, 3.8) is 0 Å². The lowest BCUT2D eigenvalue weighted by molar-refractivity contribution is -0.122. The molecule has 8 heteroatoms. The van der Waals surface area contributed by atoms with Gasteiger partial charge in [-0.05, 0) is 6.42 Å². The number of hydrogen-bond acceptors (Lipinski definition) is 6. The Kier molecular flexibility index (Phi) is 5.45. The van der Waals surface area contributed by atoms with Crippen molar-refractivity contribution in [1.29, 1.82) is 0 Å². The van der Waals surface area contributed by atoms with E-state index in [4.69, 9.17) is 14.6 Å². The number of carbonyl (C=O) groups is 2. The summed E-state index contributed by atoms with van der Waals surface area (Å²) in [5, 5.41) is 15.3. The van der Waals surface area contributed by atoms with Crippen molar-refractivity contribution < 1.29 is 24.2 Å². The first-order chi connectivity index (χ1) is 9.70. The SMILES string of the molecule is O=C1CCC(C(=O)N[C@@H]2COCC[C@@H]2OCCO)=NN1. The lowest BCUT2D eigenvalue weighted by Gasteiger charge is -2.32. The maximum absolute atomic E-state index is 12.0. The van der Waals surface area contributed by atoms with Gasteiger partial charge in [0.25, 0.3) is 5.91 Å². The van der Waals surface area contributed by atoms with Crippen LogP contribution in [0.25, 0.3) is 0 Å². The van der Waals surface area contributed by atoms with Gasteiger partial charge in [0.15, 0.2) is 0 Å². The molecule has 0 unspecified atom stereocenters. The number of aliphatic hydroxyl groups excluding tert-OH is 1. The molecule has 8 nitrogen and oxygen atoms in total. The van der Waals surface area contributed by atoms with Gasteiger partial charge in [0.05, 0.1) is 32.0 Å². The molecule has 2 amide bonds. The normalized spacial score (nSPS) is 26.6. The zero-order valence-corrected chi connectivity index (χ0v) is 11.1. The highest BCUT2D eigenvalue weighted by atomic mass is 16.5. The minimum atomic E-state index is -0.321. The summed E-state index contributed by atoms with van der Waals surface area (Å²) in [4.78, 5) is 23.0. The lowest BCUT2D eigenvalue weighted by Crippen LogP contribution is -2.53. The maximum atomic E-state index is 12.0. The third-order valence-corrected chi connectivity index (χ3v) is 3.20. The van der Waals surface area contributed by atoms with Crippen LogP contribution in [0.1, 0.15) is 19.3 Å². The molecule has 2 aliphatic rings. The molecule has 20 heavy (non-hydrogen) atoms. The molecule has 0 aromatic carbocycles. The summed E-state index contributed by atoms with van der Waals surface area (Å²) in [7, 11) is 0. The van der Waals surface area contributed by atoms with Gasteiger partial charge in [0, 0.05) is 19.4 Å². The van der Waals surface area contributed by atoms with Crippen LogP contribution in [0.3, 0.4) is 0 Å². The Bertz CT molecular complexity index is 399. The van der Waals surface area contributed by atoms with Gasteiger partial charge in [-0.25, -0.2) is 5.43 Å². The van der Waals surface area contributed by atoms with Crippen LogP contribution in [-0.4, -0.2) is 61.2 Å². The summed E-state index contributed by atoms with van der Waals surface area (Å²) in [6.07, 6.45) is 1.07. The predicted molar refractivity (Wildman–Crippen MR) is 69.0 cm³/mol. The highest BCUT2D eigenvalue weighted by molar-refractivity contribution is 6.39. The molecule has 0 aromatic heterocycles. The minimum absolute atomic E-state index is 0.0588. The van der Waals surface area contributed by atoms with Crippen LogP contribution in [-0.2, 0) is 19.1 Å². The second kappa shape index (κ2) is 7.32. The molecule has 1 saturated heterocycles. The molecule has 0 bridgehead atoms. The standard InChI is InChI=1S/C12H19N3O5/c16-4-6-20-10-3-5-19-7-9(10)13-12(18)8-1-2-11(17)15-14-8/h9-10,16H,1-7H2,(H,13,18)(H,15,17)/t9-,10+/m1/s1. The summed E-state index contributed by atoms with van der Waals surface area (Å²) in [5.41, 5.74) is 2.59. The van der Waals surface area contributed by atoms with Crippen LogP contribution in [0, 0.1) is 0 Å². The van der Waals surface area contributed by atoms with E-state index in [2.05, 4.69) is 15.8 Å². The molecule has 2 aliphatic heterocycles. The Morgan fingerprint density at radius 1 is 1.55 bits per heavy atom. The topological polar surface area (TPSA) is 109 Å². The number of aliphatic hydroxyl groups is 1. The molecule has 112 valence electrons. The summed E-state index contributed by atoms with van der Waals surface area (Å²) in [6, 6.07) is -0.275. The molecular weight excluding hydrogens is 266 g/mol. The minimum Gasteiger partial charge on any atom is -0.394 e. The van der Waals surface area contributed by atoms with Gasteiger partial charge in [-0.15, -0.1) is 0 Å². The Morgan fingerprint density at radius 2 is 2.40 bits per heavy atom. The van der Waals surface area contributed by atoms with Crippen molar-refractivity contribution in [2.24, 2.45) is 5.10 Å². The van der Waals surface area contributed by atoms with Crippen molar-refractivity contribution in [2.75, 3.05) is 26.4 Å². The molecule has 2 atom stereocenters. The summed E-state index contributed by atoms with van der Waals surface area (Å²) in [6.45, 7) is 1.10. The van der Waals surface area contributed by atoms with Gasteiger partial charge < -0.3 is 19.9 Å². The van der Waals surface area contributed by atoms with Crippen molar-refractivity contribution in [3.05, 3.63) is 0 Å². The fourth-order valence-corrected chi connectivity index (χ4v) is 2.15. The average Bonchev–Trinajstić information content (AvgIpc) is 2.47. The highest BCUT2D eigenvalue weighted by Crippen LogP contribution is 2.12. The van der Waals surface area contributed by atoms with E-state index in [1.807, 2.05) is 0 Å². The van der Waals surface area contributed by atoms with E-state index in [-0.39, 0.29) is 43.6 Å². The number of hydrazone groups is 1. The van der Waals surface area contributed by atoms with Gasteiger partial charge in [-0.3, -0.25) is 9.59 Å². The van der Waals surface area contributed by atoms with Gasteiger partial charge >= 0.3 is 0 Å². The van der Waals surface area contributed by atoms with E-state index < -0.39 is 0 Å². The summed E-state index contributed by atoms with van der Waals surface area (Å²) < 4.78 is 10.8. The zero-order chi connectivity index (χ0) is 14.4. The Balaban J connectivity index is 1.89. The fraction of sp³-hybridized carbons (Fsp3) is 0.750. The number of nitrogens with one attached hydrogen (secondary N) is 2. The number of carbonyl (C=O) groups excluding carboxylic acids is 2. The molecule has 2 heterocycles. The van der Waals surface area contributed by atoms with Crippen LogP contribution in [0.2, 0.25) is 0 Å². The number of ether oxygens (including phenoxy) is 2. The first-order valence-corrected chi connectivity index (χ1v) is 6.67. The molecule has 3 N–H and O–H groups in total. The third kappa shape index (κ3) is 3.99. The highest BCUT2D eigenvalue weighted by Gasteiger charge is 2.29. The van der Waals surface area contributed by atoms with Crippen LogP contribution >= 0.6 is 0 Å². The lowest BCUT2D eigenvalue weighted by atomic mass is 10.1. The van der Waals surface area contributed by atoms with Crippen molar-refractivity contribution in [1.82, 2.24) is 10.7 Å². The summed E-state index contributed by atoms with van der Waals surface area (Å²) in [5.74, 6) is -0.509. The monoisotopic (exact) mass is 285 g/mol. The smallest absolute Gasteiger partial charge is 0.267 e. The Labute approximate surface area is 116 Å². The van der Waals surface area contributed by atoms with Gasteiger partial charge in [-0.1, -0.05) is 0 Å². The fourth-order valence-electron chi connectivity index (χ4n) is 2.15. The average molecular weight is 285 g/mol. The van der Waals surface area contributed by atoms with Crippen molar-refractivity contribution >= 4 is 17.5 Å². The van der Waals surface area contributed by atoms with Crippen molar-refractivity contribution in [2.45, 2.75) is 31.4 Å². The first kappa shape index (κ1) is 14.9. The third-order valence-electron chi connectivity index (χ3n) is 3.20. The van der Waals surface area contributed by atoms with Crippen LogP contribution in [0.15, 0.2) is 5.10 Å². The molecule has 0 aromatic rings. The number of nitrogens with zero attached hydrogens (tertiary/aromatic N) is 1. The van der Waals surface area contributed by atoms with Gasteiger partial charge in [-0.2, -0.15) is 5.10 Å². The largest absolute Gasteiger partial charge is 0.394 e. The second-order valence-corrected chi connectivity index (χ2v) is 4.67. The van der Waals surface area contributed by atoms with Crippen LogP contribution in [0.5, 0.6) is 0 Å². The number of hydrogen-bond donors (Lipinski definition) is 3. The zero-order valence-electron chi connectivity index (χ0n) is 11.1. The Hall–Kier alpha value is -1.51. The van der Waals surface area contributed by atoms with E-state index in [1.54, 1.807) is 0 Å². The molecular formula is C12H19N3O5. The Morgan fingerprint density at radius 3 is 3.10 bits per heavy atom. The van der Waals surface area contributed by atoms with E-state index in [9.17, 15) is 9.59 Å². The molecule has 2 rings (SSSR count). The molecule has 1 fully saturated rings. The second-order valence-electron chi connectivity index (χ2n) is 4.67. The summed E-state index contributed by atoms with van der Waals surface area (Å²) >= 11 is 0. The van der Waals surface area contributed by atoms with E-state index >= 15 is 0 Å². The molecule has 0 saturated carbocycles. The van der Waals surface area contributed by atoms with Crippen molar-refractivity contribution in [3.8, 4) is 0 Å². The van der Waals surface area contributed by atoms with E-state index in [0.29, 0.717) is 31.8 Å². The van der Waals surface area contributed by atoms with Gasteiger partial charge in [0.2, 0.25) is 5.91 Å². The van der Waals surface area contributed by atoms with Crippen LogP contribution < -0.4 is 10.7 Å². The maximum Gasteiger partial charge on any atom is 0.267 e. The van der Waals surface area contributed by atoms with E-state index in [1.165, 1.54) is 0 Å². The quantitative estimate of drug-likeness (QED) is 0.571. The number of rotatable bonds is 5. The first-order valence-electron chi connectivity index (χ1n) is 6.67. The molecule has 0 radical (unpaired) electrons. The molecule has 0 spiro atoms. The predicted octanol–water partition coefficient (Wildman–Crippen LogP) is -1.46. The van der Waals surface area contributed by atoms with E-state index in [0.717, 1.165) is 0 Å².